The summed E-state index contributed by atoms with van der Waals surface area (Å²) in [4.78, 5) is 21.3. The van der Waals surface area contributed by atoms with Crippen molar-refractivity contribution in [1.29, 1.82) is 5.26 Å². The zero-order chi connectivity index (χ0) is 24.5. The Labute approximate surface area is 191 Å². The molecule has 3 aromatic heterocycles. The maximum atomic E-state index is 13.6. The van der Waals surface area contributed by atoms with Crippen molar-refractivity contribution < 1.29 is 22.7 Å². The third-order valence-corrected chi connectivity index (χ3v) is 5.30. The molecule has 2 amide bonds. The van der Waals surface area contributed by atoms with Crippen LogP contribution in [0, 0.1) is 24.2 Å². The lowest BCUT2D eigenvalue weighted by atomic mass is 9.97. The Morgan fingerprint density at radius 3 is 2.53 bits per heavy atom. The number of ether oxygens (including phenoxy) is 1. The van der Waals surface area contributed by atoms with E-state index in [4.69, 9.17) is 4.74 Å². The number of nitrogens with zero attached hydrogens (tertiary/aromatic N) is 6. The molecule has 1 aliphatic rings. The molecule has 0 aromatic carbocycles. The summed E-state index contributed by atoms with van der Waals surface area (Å²) in [5, 5.41) is 21.9. The first-order valence-corrected chi connectivity index (χ1v) is 10.2. The highest BCUT2D eigenvalue weighted by Crippen LogP contribution is 2.46. The molecule has 0 saturated heterocycles. The van der Waals surface area contributed by atoms with E-state index in [0.29, 0.717) is 11.3 Å². The van der Waals surface area contributed by atoms with Crippen molar-refractivity contribution >= 4 is 17.4 Å². The van der Waals surface area contributed by atoms with Gasteiger partial charge in [-0.2, -0.15) is 28.6 Å². The average molecular weight is 472 g/mol. The number of carbonyl (C=O) groups excluding carboxylic acids is 1. The Morgan fingerprint density at radius 1 is 1.24 bits per heavy atom. The van der Waals surface area contributed by atoms with Crippen LogP contribution in [0.5, 0.6) is 0 Å². The number of methoxy groups -OCH3 is 1. The summed E-state index contributed by atoms with van der Waals surface area (Å²) in [5.41, 5.74) is 0.165. The number of aryl methyl sites for hydroxylation is 1. The van der Waals surface area contributed by atoms with E-state index in [0.717, 1.165) is 29.9 Å². The summed E-state index contributed by atoms with van der Waals surface area (Å²) in [7, 11) is 1.52. The van der Waals surface area contributed by atoms with Crippen molar-refractivity contribution in [2.24, 2.45) is 5.92 Å². The van der Waals surface area contributed by atoms with Crippen LogP contribution < -0.4 is 10.6 Å². The third-order valence-electron chi connectivity index (χ3n) is 5.30. The fourth-order valence-corrected chi connectivity index (χ4v) is 3.61. The second-order valence-corrected chi connectivity index (χ2v) is 7.64. The van der Waals surface area contributed by atoms with Gasteiger partial charge in [-0.1, -0.05) is 0 Å². The highest BCUT2D eigenvalue weighted by atomic mass is 19.4. The van der Waals surface area contributed by atoms with Crippen LogP contribution in [0.25, 0.3) is 5.82 Å². The van der Waals surface area contributed by atoms with Crippen molar-refractivity contribution in [1.82, 2.24) is 25.0 Å². The summed E-state index contributed by atoms with van der Waals surface area (Å²) in [6.07, 6.45) is 1.54. The first kappa shape index (κ1) is 23.1. The largest absolute Gasteiger partial charge is 0.420 e. The highest BCUT2D eigenvalue weighted by Gasteiger charge is 2.37. The first-order chi connectivity index (χ1) is 16.2. The molecule has 34 heavy (non-hydrogen) atoms. The molecular weight excluding hydrogens is 453 g/mol. The quantitative estimate of drug-likeness (QED) is 0.554. The number of carbonyl (C=O) groups is 1. The van der Waals surface area contributed by atoms with E-state index in [1.165, 1.54) is 25.7 Å². The van der Waals surface area contributed by atoms with Crippen LogP contribution in [0.15, 0.2) is 30.9 Å². The smallest absolute Gasteiger partial charge is 0.376 e. The third kappa shape index (κ3) is 4.67. The second kappa shape index (κ2) is 9.06. The molecule has 1 aliphatic carbocycles. The number of amides is 2. The molecule has 10 nitrogen and oxygen atoms in total. The molecule has 1 saturated carbocycles. The zero-order valence-electron chi connectivity index (χ0n) is 18.1. The van der Waals surface area contributed by atoms with E-state index in [9.17, 15) is 23.2 Å². The standard InChI is InChI=1S/C21H19F3N8O2/c1-11-14(8-25)17(18(34-2)12-3-4-12)16(10-26-11)31-20(33)30-13-7-15(21(22,23)24)19(27-9-13)32-28-5-6-29-32/h5-7,9-10,12,18H,3-4H2,1-2H3,(H2,30,31,33)/t18-/m0/s1. The predicted octanol–water partition coefficient (Wildman–Crippen LogP) is 4.00. The summed E-state index contributed by atoms with van der Waals surface area (Å²) in [6, 6.07) is 2.01. The minimum absolute atomic E-state index is 0.199. The van der Waals surface area contributed by atoms with Gasteiger partial charge in [0.05, 0.1) is 53.5 Å². The Kier molecular flexibility index (Phi) is 6.16. The van der Waals surface area contributed by atoms with E-state index in [-0.39, 0.29) is 22.9 Å². The Morgan fingerprint density at radius 2 is 1.94 bits per heavy atom. The monoisotopic (exact) mass is 472 g/mol. The number of rotatable bonds is 6. The predicted molar refractivity (Wildman–Crippen MR) is 113 cm³/mol. The number of pyridine rings is 2. The lowest BCUT2D eigenvalue weighted by Crippen LogP contribution is -2.23. The molecule has 1 fully saturated rings. The van der Waals surface area contributed by atoms with Crippen molar-refractivity contribution in [2.75, 3.05) is 17.7 Å². The Balaban J connectivity index is 1.62. The number of aromatic nitrogens is 5. The molecule has 176 valence electrons. The molecule has 3 aromatic rings. The molecule has 0 radical (unpaired) electrons. The minimum atomic E-state index is -4.77. The van der Waals surface area contributed by atoms with Gasteiger partial charge >= 0.3 is 12.2 Å². The highest BCUT2D eigenvalue weighted by molar-refractivity contribution is 6.00. The molecule has 1 atom stereocenters. The van der Waals surface area contributed by atoms with Gasteiger partial charge in [0.1, 0.15) is 11.6 Å². The van der Waals surface area contributed by atoms with Gasteiger partial charge in [-0.15, -0.1) is 4.80 Å². The molecule has 3 heterocycles. The van der Waals surface area contributed by atoms with Crippen molar-refractivity contribution in [3.8, 4) is 11.9 Å². The fraction of sp³-hybridized carbons (Fsp3) is 0.333. The van der Waals surface area contributed by atoms with E-state index in [2.05, 4.69) is 36.9 Å². The summed E-state index contributed by atoms with van der Waals surface area (Å²) in [5.74, 6) is -0.330. The van der Waals surface area contributed by atoms with Gasteiger partial charge in [-0.25, -0.2) is 9.78 Å². The molecule has 0 aliphatic heterocycles. The van der Waals surface area contributed by atoms with Gasteiger partial charge in [0.15, 0.2) is 5.82 Å². The van der Waals surface area contributed by atoms with Gasteiger partial charge in [0.2, 0.25) is 0 Å². The van der Waals surface area contributed by atoms with E-state index < -0.39 is 29.7 Å². The van der Waals surface area contributed by atoms with Crippen molar-refractivity contribution in [3.05, 3.63) is 53.2 Å². The fourth-order valence-electron chi connectivity index (χ4n) is 3.61. The SMILES string of the molecule is CO[C@H](c1c(NC(=O)Nc2cnc(-n3nccn3)c(C(F)(F)F)c2)cnc(C)c1C#N)C1CC1. The lowest BCUT2D eigenvalue weighted by Gasteiger charge is -2.21. The summed E-state index contributed by atoms with van der Waals surface area (Å²) >= 11 is 0. The van der Waals surface area contributed by atoms with Crippen LogP contribution in [0.3, 0.4) is 0 Å². The number of anilines is 2. The summed E-state index contributed by atoms with van der Waals surface area (Å²) in [6.45, 7) is 1.67. The maximum absolute atomic E-state index is 13.6. The van der Waals surface area contributed by atoms with Crippen LogP contribution >= 0.6 is 0 Å². The van der Waals surface area contributed by atoms with Crippen molar-refractivity contribution in [3.63, 3.8) is 0 Å². The topological polar surface area (TPSA) is 131 Å². The van der Waals surface area contributed by atoms with Crippen LogP contribution in [0.4, 0.5) is 29.3 Å². The molecule has 4 rings (SSSR count). The van der Waals surface area contributed by atoms with Crippen LogP contribution in [-0.4, -0.2) is 38.1 Å². The Hall–Kier alpha value is -4.05. The first-order valence-electron chi connectivity index (χ1n) is 10.2. The van der Waals surface area contributed by atoms with Crippen molar-refractivity contribution in [2.45, 2.75) is 32.0 Å². The summed E-state index contributed by atoms with van der Waals surface area (Å²) < 4.78 is 46.4. The molecule has 0 bridgehead atoms. The number of nitrogens with one attached hydrogen (secondary N) is 2. The van der Waals surface area contributed by atoms with E-state index >= 15 is 0 Å². The number of alkyl halides is 3. The Bertz CT molecular complexity index is 1250. The number of urea groups is 1. The molecule has 13 heteroatoms. The molecule has 0 spiro atoms. The normalized spacial score (nSPS) is 14.4. The zero-order valence-corrected chi connectivity index (χ0v) is 18.1. The average Bonchev–Trinajstić information content (AvgIpc) is 3.47. The number of hydrogen-bond acceptors (Lipinski definition) is 7. The maximum Gasteiger partial charge on any atom is 0.420 e. The number of hydrogen-bond donors (Lipinski definition) is 2. The van der Waals surface area contributed by atoms with E-state index in [1.54, 1.807) is 6.92 Å². The van der Waals surface area contributed by atoms with Gasteiger partial charge in [0, 0.05) is 12.7 Å². The second-order valence-electron chi connectivity index (χ2n) is 7.64. The molecule has 0 unspecified atom stereocenters. The molecular formula is C21H19F3N8O2. The van der Waals surface area contributed by atoms with Gasteiger partial charge in [-0.05, 0) is 31.7 Å². The van der Waals surface area contributed by atoms with Gasteiger partial charge in [0.25, 0.3) is 0 Å². The van der Waals surface area contributed by atoms with Crippen LogP contribution in [0.2, 0.25) is 0 Å². The van der Waals surface area contributed by atoms with Gasteiger partial charge in [-0.3, -0.25) is 4.98 Å². The minimum Gasteiger partial charge on any atom is -0.376 e. The number of nitriles is 1. The van der Waals surface area contributed by atoms with Crippen LogP contribution in [-0.2, 0) is 10.9 Å². The lowest BCUT2D eigenvalue weighted by molar-refractivity contribution is -0.137. The van der Waals surface area contributed by atoms with Crippen LogP contribution in [0.1, 0.15) is 41.3 Å². The van der Waals surface area contributed by atoms with Gasteiger partial charge < -0.3 is 15.4 Å². The van der Waals surface area contributed by atoms with E-state index in [1.807, 2.05) is 0 Å². The molecule has 2 N–H and O–H groups in total. The number of halogens is 3.